The molecular weight excluding hydrogens is 382 g/mol. The number of hydrogen-bond acceptors (Lipinski definition) is 8. The van der Waals surface area contributed by atoms with Gasteiger partial charge < -0.3 is 9.64 Å². The van der Waals surface area contributed by atoms with E-state index in [1.165, 1.54) is 38.7 Å². The van der Waals surface area contributed by atoms with Crippen molar-refractivity contribution in [1.82, 2.24) is 19.7 Å². The second-order valence-corrected chi connectivity index (χ2v) is 8.26. The third-order valence-electron chi connectivity index (χ3n) is 4.44. The van der Waals surface area contributed by atoms with Crippen LogP contribution in [0, 0.1) is 0 Å². The zero-order chi connectivity index (χ0) is 20.1. The molecule has 1 aromatic carbocycles. The molecule has 0 unspecified atom stereocenters. The summed E-state index contributed by atoms with van der Waals surface area (Å²) in [6.45, 7) is 2.96. The molecule has 10 heteroatoms. The van der Waals surface area contributed by atoms with Gasteiger partial charge in [-0.2, -0.15) is 15.0 Å². The number of rotatable bonds is 7. The average Bonchev–Trinajstić information content (AvgIpc) is 2.73. The molecule has 1 aliphatic rings. The van der Waals surface area contributed by atoms with Crippen LogP contribution in [-0.2, 0) is 16.6 Å². The molecule has 0 amide bonds. The number of piperidine rings is 1. The molecule has 0 bridgehead atoms. The Labute approximate surface area is 164 Å². The number of nitrogens with zero attached hydrogens (tertiary/aromatic N) is 4. The van der Waals surface area contributed by atoms with E-state index in [2.05, 4.69) is 19.7 Å². The van der Waals surface area contributed by atoms with Crippen molar-refractivity contribution in [2.24, 2.45) is 0 Å². The Morgan fingerprint density at radius 2 is 1.93 bits per heavy atom. The highest BCUT2D eigenvalue weighted by atomic mass is 32.2. The van der Waals surface area contributed by atoms with Crippen LogP contribution in [-0.4, -0.2) is 49.4 Å². The molecule has 9 nitrogen and oxygen atoms in total. The number of benzene rings is 1. The molecule has 1 saturated heterocycles. The van der Waals surface area contributed by atoms with Gasteiger partial charge in [0.25, 0.3) is 0 Å². The molecular formula is C18H23N5O4S. The molecule has 0 atom stereocenters. The highest BCUT2D eigenvalue weighted by molar-refractivity contribution is 7.89. The number of sulfonamides is 1. The van der Waals surface area contributed by atoms with Gasteiger partial charge in [0.15, 0.2) is 11.6 Å². The molecule has 0 saturated carbocycles. The molecule has 3 rings (SSSR count). The SMILES string of the molecule is COc1nc(CNS(=O)(=O)c2cccc(C(C)=O)c2)nc(N2CCCCC2)n1. The van der Waals surface area contributed by atoms with E-state index >= 15 is 0 Å². The number of nitrogens with one attached hydrogen (secondary N) is 1. The number of carbonyl (C=O) groups excluding carboxylic acids is 1. The van der Waals surface area contributed by atoms with E-state index in [9.17, 15) is 13.2 Å². The molecule has 1 N–H and O–H groups in total. The van der Waals surface area contributed by atoms with Gasteiger partial charge in [-0.15, -0.1) is 0 Å². The Balaban J connectivity index is 1.79. The van der Waals surface area contributed by atoms with Crippen LogP contribution in [0.25, 0.3) is 0 Å². The van der Waals surface area contributed by atoms with E-state index in [1.54, 1.807) is 6.07 Å². The molecule has 1 aliphatic heterocycles. The normalized spacial score (nSPS) is 14.7. The van der Waals surface area contributed by atoms with Crippen molar-refractivity contribution in [3.8, 4) is 6.01 Å². The monoisotopic (exact) mass is 405 g/mol. The van der Waals surface area contributed by atoms with Crippen LogP contribution in [0.15, 0.2) is 29.2 Å². The van der Waals surface area contributed by atoms with Crippen molar-refractivity contribution < 1.29 is 17.9 Å². The Bertz CT molecular complexity index is 958. The Morgan fingerprint density at radius 1 is 1.18 bits per heavy atom. The molecule has 0 radical (unpaired) electrons. The van der Waals surface area contributed by atoms with E-state index in [-0.39, 0.29) is 29.1 Å². The number of anilines is 1. The summed E-state index contributed by atoms with van der Waals surface area (Å²) in [6, 6.07) is 6.03. The summed E-state index contributed by atoms with van der Waals surface area (Å²) in [4.78, 5) is 26.4. The second kappa shape index (κ2) is 8.61. The lowest BCUT2D eigenvalue weighted by Crippen LogP contribution is -2.32. The summed E-state index contributed by atoms with van der Waals surface area (Å²) < 4.78 is 32.8. The van der Waals surface area contributed by atoms with Gasteiger partial charge in [-0.25, -0.2) is 13.1 Å². The maximum Gasteiger partial charge on any atom is 0.321 e. The topological polar surface area (TPSA) is 114 Å². The fourth-order valence-corrected chi connectivity index (χ4v) is 3.94. The van der Waals surface area contributed by atoms with Crippen LogP contribution in [0.5, 0.6) is 6.01 Å². The standard InChI is InChI=1S/C18H23N5O4S/c1-13(24)14-7-6-8-15(11-14)28(25,26)19-12-16-20-17(22-18(21-16)27-2)23-9-4-3-5-10-23/h6-8,11,19H,3-5,9-10,12H2,1-2H3. The van der Waals surface area contributed by atoms with E-state index < -0.39 is 10.0 Å². The first kappa shape index (κ1) is 20.2. The largest absolute Gasteiger partial charge is 0.467 e. The number of Topliss-reactive ketones (excluding diaryl/α,β-unsaturated/α-hetero) is 1. The van der Waals surface area contributed by atoms with Crippen molar-refractivity contribution >= 4 is 21.8 Å². The summed E-state index contributed by atoms with van der Waals surface area (Å²) in [6.07, 6.45) is 3.29. The Morgan fingerprint density at radius 3 is 2.61 bits per heavy atom. The highest BCUT2D eigenvalue weighted by Gasteiger charge is 2.19. The van der Waals surface area contributed by atoms with Crippen molar-refractivity contribution in [1.29, 1.82) is 0 Å². The van der Waals surface area contributed by atoms with Crippen LogP contribution in [0.2, 0.25) is 0 Å². The van der Waals surface area contributed by atoms with Gasteiger partial charge in [0.2, 0.25) is 16.0 Å². The summed E-state index contributed by atoms with van der Waals surface area (Å²) in [5, 5.41) is 0. The predicted molar refractivity (Wildman–Crippen MR) is 103 cm³/mol. The van der Waals surface area contributed by atoms with Crippen LogP contribution in [0.1, 0.15) is 42.4 Å². The maximum atomic E-state index is 12.6. The number of ether oxygens (including phenoxy) is 1. The Hall–Kier alpha value is -2.59. The van der Waals surface area contributed by atoms with Crippen LogP contribution in [0.4, 0.5) is 5.95 Å². The molecule has 2 aromatic rings. The molecule has 1 aromatic heterocycles. The van der Waals surface area contributed by atoms with E-state index in [4.69, 9.17) is 4.74 Å². The van der Waals surface area contributed by atoms with Crippen LogP contribution < -0.4 is 14.4 Å². The van der Waals surface area contributed by atoms with E-state index in [1.807, 2.05) is 4.90 Å². The predicted octanol–water partition coefficient (Wildman–Crippen LogP) is 1.55. The third-order valence-corrected chi connectivity index (χ3v) is 5.84. The number of hydrogen-bond donors (Lipinski definition) is 1. The summed E-state index contributed by atoms with van der Waals surface area (Å²) in [5.41, 5.74) is 0.331. The first-order valence-corrected chi connectivity index (χ1v) is 10.5. The van der Waals surface area contributed by atoms with Crippen molar-refractivity contribution in [2.75, 3.05) is 25.1 Å². The van der Waals surface area contributed by atoms with Gasteiger partial charge in [-0.1, -0.05) is 12.1 Å². The highest BCUT2D eigenvalue weighted by Crippen LogP contribution is 2.18. The van der Waals surface area contributed by atoms with Crippen LogP contribution >= 0.6 is 0 Å². The number of ketones is 1. The molecule has 2 heterocycles. The zero-order valence-corrected chi connectivity index (χ0v) is 16.7. The average molecular weight is 405 g/mol. The lowest BCUT2D eigenvalue weighted by atomic mass is 10.1. The quantitative estimate of drug-likeness (QED) is 0.690. The first-order valence-electron chi connectivity index (χ1n) is 9.03. The van der Waals surface area contributed by atoms with Gasteiger partial charge >= 0.3 is 6.01 Å². The van der Waals surface area contributed by atoms with Crippen molar-refractivity contribution in [3.63, 3.8) is 0 Å². The summed E-state index contributed by atoms with van der Waals surface area (Å²) in [5.74, 6) is 0.545. The smallest absolute Gasteiger partial charge is 0.321 e. The molecule has 28 heavy (non-hydrogen) atoms. The van der Waals surface area contributed by atoms with E-state index in [0.29, 0.717) is 11.5 Å². The van der Waals surface area contributed by atoms with Gasteiger partial charge in [0.05, 0.1) is 18.6 Å². The minimum Gasteiger partial charge on any atom is -0.467 e. The molecule has 0 spiro atoms. The maximum absolute atomic E-state index is 12.6. The van der Waals surface area contributed by atoms with Gasteiger partial charge in [0.1, 0.15) is 0 Å². The minimum absolute atomic E-state index is 0.0116. The van der Waals surface area contributed by atoms with Crippen LogP contribution in [0.3, 0.4) is 0 Å². The first-order chi connectivity index (χ1) is 13.4. The minimum atomic E-state index is -3.83. The van der Waals surface area contributed by atoms with Gasteiger partial charge in [0, 0.05) is 18.7 Å². The fraction of sp³-hybridized carbons (Fsp3) is 0.444. The number of aromatic nitrogens is 3. The zero-order valence-electron chi connectivity index (χ0n) is 15.9. The summed E-state index contributed by atoms with van der Waals surface area (Å²) in [7, 11) is -2.37. The summed E-state index contributed by atoms with van der Waals surface area (Å²) >= 11 is 0. The third kappa shape index (κ3) is 4.82. The number of methoxy groups -OCH3 is 1. The van der Waals surface area contributed by atoms with Gasteiger partial charge in [-0.05, 0) is 38.3 Å². The lowest BCUT2D eigenvalue weighted by molar-refractivity contribution is 0.101. The van der Waals surface area contributed by atoms with Crippen molar-refractivity contribution in [2.45, 2.75) is 37.6 Å². The Kier molecular flexibility index (Phi) is 6.20. The molecule has 150 valence electrons. The van der Waals surface area contributed by atoms with Gasteiger partial charge in [-0.3, -0.25) is 4.79 Å². The van der Waals surface area contributed by atoms with Crippen molar-refractivity contribution in [3.05, 3.63) is 35.7 Å². The number of carbonyl (C=O) groups is 1. The fourth-order valence-electron chi connectivity index (χ4n) is 2.92. The lowest BCUT2D eigenvalue weighted by Gasteiger charge is -2.26. The molecule has 0 aliphatic carbocycles. The van der Waals surface area contributed by atoms with E-state index in [0.717, 1.165) is 25.9 Å². The molecule has 1 fully saturated rings. The second-order valence-electron chi connectivity index (χ2n) is 6.49.